The third-order valence-electron chi connectivity index (χ3n) is 9.04. The van der Waals surface area contributed by atoms with Crippen LogP contribution in [0.5, 0.6) is 0 Å². The second kappa shape index (κ2) is 13.4. The molecule has 0 spiro atoms. The zero-order chi connectivity index (χ0) is 31.5. The van der Waals surface area contributed by atoms with Crippen molar-refractivity contribution in [2.75, 3.05) is 51.3 Å². The third kappa shape index (κ3) is 7.81. The van der Waals surface area contributed by atoms with E-state index in [0.29, 0.717) is 6.54 Å². The molecule has 2 unspecified atom stereocenters. The lowest BCUT2D eigenvalue weighted by Gasteiger charge is -2.43. The Hall–Kier alpha value is -2.54. The van der Waals surface area contributed by atoms with Crippen LogP contribution in [0.25, 0.3) is 0 Å². The number of likely N-dealkylation sites (tertiary alicyclic amines) is 1. The number of piperazine rings is 1. The number of nitrogens with zero attached hydrogens (tertiary/aromatic N) is 4. The monoisotopic (exact) mass is 620 g/mol. The van der Waals surface area contributed by atoms with Crippen LogP contribution in [0.3, 0.4) is 0 Å². The molecule has 0 amide bonds. The number of anilines is 1. The van der Waals surface area contributed by atoms with Crippen LogP contribution in [0.15, 0.2) is 28.9 Å². The SMILES string of the molecule is CCC1=CNC(C)(NC2=NC(N3CCNC(C)(C)C3)Nc3c(CN4CCCCC4)c(CC)n(CCOCC(F)(F)F)c32)C=C1. The summed E-state index contributed by atoms with van der Waals surface area (Å²) in [5.41, 5.74) is 4.79. The molecule has 0 bridgehead atoms. The fourth-order valence-corrected chi connectivity index (χ4v) is 6.78. The molecule has 2 fully saturated rings. The van der Waals surface area contributed by atoms with E-state index in [4.69, 9.17) is 9.73 Å². The number of piperidine rings is 1. The van der Waals surface area contributed by atoms with Gasteiger partial charge in [0.2, 0.25) is 0 Å². The van der Waals surface area contributed by atoms with Crippen molar-refractivity contribution in [1.29, 1.82) is 0 Å². The average Bonchev–Trinajstić information content (AvgIpc) is 3.27. The number of dihydropyridines is 1. The van der Waals surface area contributed by atoms with E-state index in [0.717, 1.165) is 75.0 Å². The number of ether oxygens (including phenoxy) is 1. The molecular formula is C32H51F3N8O. The zero-order valence-corrected chi connectivity index (χ0v) is 27.0. The number of halogens is 3. The second-order valence-electron chi connectivity index (χ2n) is 13.3. The molecule has 5 heterocycles. The first-order valence-electron chi connectivity index (χ1n) is 16.3. The normalized spacial score (nSPS) is 26.0. The molecule has 12 heteroatoms. The van der Waals surface area contributed by atoms with E-state index in [-0.39, 0.29) is 18.4 Å². The van der Waals surface area contributed by atoms with E-state index in [2.05, 4.69) is 82.4 Å². The van der Waals surface area contributed by atoms with Crippen molar-refractivity contribution >= 4 is 11.5 Å². The molecule has 4 aliphatic rings. The fraction of sp³-hybridized carbons (Fsp3) is 0.719. The lowest BCUT2D eigenvalue weighted by Crippen LogP contribution is -2.62. The summed E-state index contributed by atoms with van der Waals surface area (Å²) in [6, 6.07) is 0. The van der Waals surface area contributed by atoms with Crippen LogP contribution < -0.4 is 21.3 Å². The maximum absolute atomic E-state index is 13.0. The molecule has 1 aromatic heterocycles. The Morgan fingerprint density at radius 2 is 1.86 bits per heavy atom. The van der Waals surface area contributed by atoms with E-state index in [1.165, 1.54) is 30.4 Å². The highest BCUT2D eigenvalue weighted by molar-refractivity contribution is 6.05. The summed E-state index contributed by atoms with van der Waals surface area (Å²) in [6.07, 6.45) is 6.92. The number of hydrogen-bond donors (Lipinski definition) is 4. The van der Waals surface area contributed by atoms with Crippen molar-refractivity contribution in [2.24, 2.45) is 4.99 Å². The number of aliphatic imine (C=N–C) groups is 1. The Morgan fingerprint density at radius 1 is 1.09 bits per heavy atom. The molecule has 1 aromatic rings. The number of amidine groups is 1. The van der Waals surface area contributed by atoms with Gasteiger partial charge in [-0.1, -0.05) is 26.3 Å². The van der Waals surface area contributed by atoms with Gasteiger partial charge in [-0.25, -0.2) is 4.99 Å². The van der Waals surface area contributed by atoms with Gasteiger partial charge in [-0.05, 0) is 71.2 Å². The standard InChI is InChI=1S/C32H51F3N8O/c1-6-23-11-12-31(5,37-19-23)40-28-27-26(38-29(39-28)42-16-13-36-30(3,4)21-42)24(20-41-14-9-8-10-15-41)25(7-2)43(27)17-18-44-22-32(33,34)35/h11-12,19,29,36-38H,6-10,13-18,20-22H2,1-5H3,(H,39,40). The van der Waals surface area contributed by atoms with Gasteiger partial charge in [0.15, 0.2) is 12.1 Å². The Morgan fingerprint density at radius 3 is 2.50 bits per heavy atom. The van der Waals surface area contributed by atoms with Crippen molar-refractivity contribution in [1.82, 2.24) is 30.3 Å². The van der Waals surface area contributed by atoms with Crippen LogP contribution in [0, 0.1) is 0 Å². The Bertz CT molecular complexity index is 1250. The number of rotatable bonds is 10. The van der Waals surface area contributed by atoms with Crippen LogP contribution in [-0.2, 0) is 24.2 Å². The molecule has 0 radical (unpaired) electrons. The Kier molecular flexibility index (Phi) is 10.0. The summed E-state index contributed by atoms with van der Waals surface area (Å²) >= 11 is 0. The van der Waals surface area contributed by atoms with Gasteiger partial charge in [-0.2, -0.15) is 13.2 Å². The fourth-order valence-electron chi connectivity index (χ4n) is 6.78. The molecule has 5 rings (SSSR count). The average molecular weight is 621 g/mol. The van der Waals surface area contributed by atoms with Gasteiger partial charge in [0.05, 0.1) is 12.3 Å². The number of nitrogens with one attached hydrogen (secondary N) is 4. The topological polar surface area (TPSA) is 81.1 Å². The smallest absolute Gasteiger partial charge is 0.370 e. The number of hydrogen-bond acceptors (Lipinski definition) is 8. The van der Waals surface area contributed by atoms with E-state index in [1.807, 2.05) is 6.20 Å². The number of fused-ring (bicyclic) bond motifs is 1. The minimum Gasteiger partial charge on any atom is -0.370 e. The molecule has 9 nitrogen and oxygen atoms in total. The summed E-state index contributed by atoms with van der Waals surface area (Å²) in [5, 5.41) is 14.7. The maximum Gasteiger partial charge on any atom is 0.411 e. The van der Waals surface area contributed by atoms with E-state index in [9.17, 15) is 13.2 Å². The summed E-state index contributed by atoms with van der Waals surface area (Å²) in [5.74, 6) is 0.725. The molecule has 44 heavy (non-hydrogen) atoms. The molecular weight excluding hydrogens is 569 g/mol. The third-order valence-corrected chi connectivity index (χ3v) is 9.04. The number of allylic oxidation sites excluding steroid dienone is 2. The molecule has 0 saturated carbocycles. The highest BCUT2D eigenvalue weighted by Crippen LogP contribution is 2.36. The van der Waals surface area contributed by atoms with Crippen LogP contribution in [-0.4, -0.2) is 89.8 Å². The van der Waals surface area contributed by atoms with Crippen LogP contribution in [0.4, 0.5) is 18.9 Å². The lowest BCUT2D eigenvalue weighted by molar-refractivity contribution is -0.174. The van der Waals surface area contributed by atoms with Crippen molar-refractivity contribution in [3.8, 4) is 0 Å². The maximum atomic E-state index is 13.0. The van der Waals surface area contributed by atoms with Gasteiger partial charge in [0.1, 0.15) is 18.0 Å². The zero-order valence-electron chi connectivity index (χ0n) is 27.0. The summed E-state index contributed by atoms with van der Waals surface area (Å²) in [7, 11) is 0. The van der Waals surface area contributed by atoms with Crippen molar-refractivity contribution in [3.05, 3.63) is 40.9 Å². The number of aromatic nitrogens is 1. The molecule has 0 aromatic carbocycles. The minimum atomic E-state index is -4.36. The highest BCUT2D eigenvalue weighted by Gasteiger charge is 2.38. The molecule has 4 aliphatic heterocycles. The Labute approximate surface area is 260 Å². The quantitative estimate of drug-likeness (QED) is 0.287. The van der Waals surface area contributed by atoms with E-state index >= 15 is 0 Å². The van der Waals surface area contributed by atoms with Gasteiger partial charge in [0.25, 0.3) is 0 Å². The van der Waals surface area contributed by atoms with Crippen molar-refractivity contribution in [2.45, 2.75) is 103 Å². The molecule has 2 saturated heterocycles. The van der Waals surface area contributed by atoms with Crippen LogP contribution >= 0.6 is 0 Å². The first kappa shape index (κ1) is 32.8. The van der Waals surface area contributed by atoms with Gasteiger partial charge in [0, 0.05) is 55.7 Å². The van der Waals surface area contributed by atoms with E-state index < -0.39 is 18.4 Å². The number of alkyl halides is 3. The highest BCUT2D eigenvalue weighted by atomic mass is 19.4. The van der Waals surface area contributed by atoms with Gasteiger partial charge in [-0.15, -0.1) is 0 Å². The summed E-state index contributed by atoms with van der Waals surface area (Å²) in [6.45, 7) is 15.2. The molecule has 4 N–H and O–H groups in total. The first-order valence-corrected chi connectivity index (χ1v) is 16.3. The van der Waals surface area contributed by atoms with Crippen LogP contribution in [0.1, 0.15) is 77.3 Å². The summed E-state index contributed by atoms with van der Waals surface area (Å²) < 4.78 is 46.1. The largest absolute Gasteiger partial charge is 0.411 e. The van der Waals surface area contributed by atoms with Crippen molar-refractivity contribution < 1.29 is 17.9 Å². The predicted molar refractivity (Wildman–Crippen MR) is 170 cm³/mol. The van der Waals surface area contributed by atoms with Crippen LogP contribution in [0.2, 0.25) is 0 Å². The van der Waals surface area contributed by atoms with Gasteiger partial charge < -0.3 is 30.6 Å². The second-order valence-corrected chi connectivity index (χ2v) is 13.3. The van der Waals surface area contributed by atoms with Gasteiger partial charge >= 0.3 is 6.18 Å². The minimum absolute atomic E-state index is 0.0442. The Balaban J connectivity index is 1.56. The first-order chi connectivity index (χ1) is 20.9. The lowest BCUT2D eigenvalue weighted by atomic mass is 10.0. The molecule has 246 valence electrons. The summed E-state index contributed by atoms with van der Waals surface area (Å²) in [4.78, 5) is 10.2. The predicted octanol–water partition coefficient (Wildman–Crippen LogP) is 4.51. The molecule has 0 aliphatic carbocycles. The van der Waals surface area contributed by atoms with Gasteiger partial charge in [-0.3, -0.25) is 9.80 Å². The van der Waals surface area contributed by atoms with E-state index in [1.54, 1.807) is 0 Å². The van der Waals surface area contributed by atoms with Crippen molar-refractivity contribution in [3.63, 3.8) is 0 Å². The molecule has 2 atom stereocenters.